The average molecular weight is 727 g/mol. The standard InChI is InChI=1S/C54H34N2O/c1-3-15-36(16-4-1)44-34-55-56-52(38-17-5-2-6-18-38)51(42-20-7-8-21-43(42)53(44)56)37-29-27-35(28-30-37)39-31-32-41-40-19-9-10-22-45(40)54(48(41)33-39)46-23-11-13-25-49(46)57-50-26-14-12-24-47(50)54/h1-34H. The zero-order valence-electron chi connectivity index (χ0n) is 30.9. The Morgan fingerprint density at radius 2 is 0.930 bits per heavy atom. The number of hydrogen-bond donors (Lipinski definition) is 0. The van der Waals surface area contributed by atoms with E-state index in [4.69, 9.17) is 9.84 Å². The first-order valence-electron chi connectivity index (χ1n) is 19.5. The summed E-state index contributed by atoms with van der Waals surface area (Å²) in [7, 11) is 0. The molecule has 3 heteroatoms. The molecule has 10 aromatic rings. The molecule has 0 N–H and O–H groups in total. The summed E-state index contributed by atoms with van der Waals surface area (Å²) in [4.78, 5) is 0. The van der Waals surface area contributed by atoms with Crippen molar-refractivity contribution in [2.75, 3.05) is 0 Å². The van der Waals surface area contributed by atoms with Gasteiger partial charge in [0.25, 0.3) is 0 Å². The first-order chi connectivity index (χ1) is 28.3. The van der Waals surface area contributed by atoms with Crippen molar-refractivity contribution in [3.05, 3.63) is 229 Å². The van der Waals surface area contributed by atoms with Crippen LogP contribution in [0.5, 0.6) is 11.5 Å². The highest BCUT2D eigenvalue weighted by molar-refractivity contribution is 6.13. The molecule has 2 aliphatic rings. The van der Waals surface area contributed by atoms with E-state index in [0.29, 0.717) is 0 Å². The highest BCUT2D eigenvalue weighted by atomic mass is 16.5. The Balaban J connectivity index is 1.06. The van der Waals surface area contributed by atoms with Gasteiger partial charge in [-0.2, -0.15) is 5.10 Å². The van der Waals surface area contributed by atoms with Crippen molar-refractivity contribution in [2.45, 2.75) is 5.41 Å². The van der Waals surface area contributed by atoms with Crippen molar-refractivity contribution in [3.63, 3.8) is 0 Å². The van der Waals surface area contributed by atoms with Crippen LogP contribution in [0.25, 0.3) is 72.1 Å². The van der Waals surface area contributed by atoms with Crippen LogP contribution >= 0.6 is 0 Å². The van der Waals surface area contributed by atoms with Crippen molar-refractivity contribution in [1.82, 2.24) is 9.61 Å². The number of aromatic nitrogens is 2. The molecule has 12 rings (SSSR count). The van der Waals surface area contributed by atoms with Gasteiger partial charge in [-0.15, -0.1) is 0 Å². The molecule has 2 aromatic heterocycles. The lowest BCUT2D eigenvalue weighted by molar-refractivity contribution is 0.436. The van der Waals surface area contributed by atoms with Gasteiger partial charge in [-0.05, 0) is 68.1 Å². The Morgan fingerprint density at radius 3 is 1.65 bits per heavy atom. The van der Waals surface area contributed by atoms with Crippen LogP contribution in [0.15, 0.2) is 206 Å². The Labute approximate surface area is 330 Å². The predicted molar refractivity (Wildman–Crippen MR) is 232 cm³/mol. The van der Waals surface area contributed by atoms with Crippen molar-refractivity contribution >= 4 is 16.3 Å². The fraction of sp³-hybridized carbons (Fsp3) is 0.0185. The summed E-state index contributed by atoms with van der Waals surface area (Å²) < 4.78 is 8.74. The number of para-hydroxylation sites is 2. The zero-order valence-corrected chi connectivity index (χ0v) is 30.9. The van der Waals surface area contributed by atoms with E-state index in [1.54, 1.807) is 0 Å². The third kappa shape index (κ3) is 4.51. The smallest absolute Gasteiger partial charge is 0.132 e. The van der Waals surface area contributed by atoms with Gasteiger partial charge in [-0.1, -0.05) is 182 Å². The number of nitrogens with zero attached hydrogens (tertiary/aromatic N) is 2. The third-order valence-electron chi connectivity index (χ3n) is 12.2. The minimum Gasteiger partial charge on any atom is -0.457 e. The average Bonchev–Trinajstić information content (AvgIpc) is 3.85. The maximum absolute atomic E-state index is 6.58. The van der Waals surface area contributed by atoms with Crippen molar-refractivity contribution < 1.29 is 4.74 Å². The molecule has 0 saturated carbocycles. The normalized spacial score (nSPS) is 13.2. The van der Waals surface area contributed by atoms with Crippen LogP contribution in [-0.2, 0) is 5.41 Å². The Hall–Kier alpha value is -7.49. The van der Waals surface area contributed by atoms with E-state index in [9.17, 15) is 0 Å². The molecule has 0 amide bonds. The Kier molecular flexibility index (Phi) is 6.84. The van der Waals surface area contributed by atoms with Crippen LogP contribution in [0.4, 0.5) is 0 Å². The van der Waals surface area contributed by atoms with Gasteiger partial charge in [0.05, 0.1) is 22.8 Å². The Morgan fingerprint density at radius 1 is 0.386 bits per heavy atom. The van der Waals surface area contributed by atoms with Crippen LogP contribution in [-0.4, -0.2) is 9.61 Å². The minimum absolute atomic E-state index is 0.505. The van der Waals surface area contributed by atoms with Crippen LogP contribution in [0.1, 0.15) is 22.3 Å². The van der Waals surface area contributed by atoms with Crippen LogP contribution in [0.3, 0.4) is 0 Å². The molecule has 0 saturated heterocycles. The number of fused-ring (bicyclic) bond motifs is 12. The predicted octanol–water partition coefficient (Wildman–Crippen LogP) is 13.6. The van der Waals surface area contributed by atoms with Gasteiger partial charge in [0.15, 0.2) is 0 Å². The quantitative estimate of drug-likeness (QED) is 0.181. The van der Waals surface area contributed by atoms with Gasteiger partial charge in [0.1, 0.15) is 11.5 Å². The maximum Gasteiger partial charge on any atom is 0.132 e. The maximum atomic E-state index is 6.58. The molecule has 3 nitrogen and oxygen atoms in total. The molecular formula is C54H34N2O. The second-order valence-corrected chi connectivity index (χ2v) is 15.0. The molecule has 1 aliphatic carbocycles. The number of ether oxygens (including phenoxy) is 1. The van der Waals surface area contributed by atoms with Gasteiger partial charge in [-0.3, -0.25) is 0 Å². The molecule has 1 aliphatic heterocycles. The number of pyridine rings is 1. The fourth-order valence-electron chi connectivity index (χ4n) is 9.77. The molecular weight excluding hydrogens is 693 g/mol. The molecule has 0 unspecified atom stereocenters. The van der Waals surface area contributed by atoms with Gasteiger partial charge in [0, 0.05) is 33.2 Å². The minimum atomic E-state index is -0.505. The topological polar surface area (TPSA) is 26.5 Å². The summed E-state index contributed by atoms with van der Waals surface area (Å²) in [6, 6.07) is 72.2. The first-order valence-corrected chi connectivity index (χ1v) is 19.5. The highest BCUT2D eigenvalue weighted by Crippen LogP contribution is 2.62. The molecule has 0 bridgehead atoms. The fourth-order valence-corrected chi connectivity index (χ4v) is 9.77. The van der Waals surface area contributed by atoms with Gasteiger partial charge in [0.2, 0.25) is 0 Å². The van der Waals surface area contributed by atoms with E-state index in [0.717, 1.165) is 50.5 Å². The van der Waals surface area contributed by atoms with E-state index in [1.165, 1.54) is 55.3 Å². The molecule has 0 radical (unpaired) electrons. The van der Waals surface area contributed by atoms with Gasteiger partial charge in [-0.25, -0.2) is 4.52 Å². The molecule has 1 spiro atoms. The second kappa shape index (κ2) is 12.3. The Bertz CT molecular complexity index is 3150. The van der Waals surface area contributed by atoms with Crippen molar-refractivity contribution in [1.29, 1.82) is 0 Å². The summed E-state index contributed by atoms with van der Waals surface area (Å²) in [5, 5.41) is 7.48. The van der Waals surface area contributed by atoms with E-state index in [1.807, 2.05) is 6.20 Å². The van der Waals surface area contributed by atoms with Gasteiger partial charge >= 0.3 is 0 Å². The molecule has 0 fully saturated rings. The van der Waals surface area contributed by atoms with E-state index >= 15 is 0 Å². The summed E-state index contributed by atoms with van der Waals surface area (Å²) in [5.41, 5.74) is 17.2. The molecule has 0 atom stereocenters. The summed E-state index contributed by atoms with van der Waals surface area (Å²) in [6.45, 7) is 0. The monoisotopic (exact) mass is 726 g/mol. The molecule has 57 heavy (non-hydrogen) atoms. The summed E-state index contributed by atoms with van der Waals surface area (Å²) in [5.74, 6) is 1.81. The third-order valence-corrected chi connectivity index (χ3v) is 12.2. The SMILES string of the molecule is c1ccc(-c2cnn3c(-c4ccccc4)c(-c4ccc(-c5ccc6c(c5)C5(c7ccccc7Oc7ccccc75)c5ccccc5-6)cc4)c4ccccc4c23)cc1. The lowest BCUT2D eigenvalue weighted by atomic mass is 9.66. The van der Waals surface area contributed by atoms with Crippen molar-refractivity contribution in [3.8, 4) is 67.3 Å². The van der Waals surface area contributed by atoms with Crippen molar-refractivity contribution in [2.24, 2.45) is 0 Å². The zero-order chi connectivity index (χ0) is 37.5. The molecule has 3 heterocycles. The largest absolute Gasteiger partial charge is 0.457 e. The highest BCUT2D eigenvalue weighted by Gasteiger charge is 2.51. The molecule has 266 valence electrons. The second-order valence-electron chi connectivity index (χ2n) is 15.0. The summed E-state index contributed by atoms with van der Waals surface area (Å²) >= 11 is 0. The van der Waals surface area contributed by atoms with E-state index < -0.39 is 5.41 Å². The van der Waals surface area contributed by atoms with Crippen LogP contribution in [0.2, 0.25) is 0 Å². The number of benzene rings is 8. The molecule has 8 aromatic carbocycles. The van der Waals surface area contributed by atoms with E-state index in [-0.39, 0.29) is 0 Å². The van der Waals surface area contributed by atoms with Crippen LogP contribution < -0.4 is 4.74 Å². The van der Waals surface area contributed by atoms with Crippen LogP contribution in [0, 0.1) is 0 Å². The van der Waals surface area contributed by atoms with Gasteiger partial charge < -0.3 is 4.74 Å². The first kappa shape index (κ1) is 31.8. The van der Waals surface area contributed by atoms with E-state index in [2.05, 4.69) is 205 Å². The lowest BCUT2D eigenvalue weighted by Gasteiger charge is -2.39. The summed E-state index contributed by atoms with van der Waals surface area (Å²) in [6.07, 6.45) is 2.02. The lowest BCUT2D eigenvalue weighted by Crippen LogP contribution is -2.32. The number of rotatable bonds is 4. The number of hydrogen-bond acceptors (Lipinski definition) is 2.